The minimum atomic E-state index is 0.210. The van der Waals surface area contributed by atoms with Crippen LogP contribution in [0.25, 0.3) is 0 Å². The van der Waals surface area contributed by atoms with Gasteiger partial charge in [0.05, 0.1) is 18.8 Å². The predicted octanol–water partition coefficient (Wildman–Crippen LogP) is 2.29. The molecule has 2 aromatic rings. The Bertz CT molecular complexity index is 410. The molecule has 0 aromatic carbocycles. The Morgan fingerprint density at radius 2 is 2.40 bits per heavy atom. The van der Waals surface area contributed by atoms with Gasteiger partial charge in [0.15, 0.2) is 0 Å². The third-order valence-corrected chi connectivity index (χ3v) is 3.10. The zero-order valence-corrected chi connectivity index (χ0v) is 9.54. The van der Waals surface area contributed by atoms with Crippen LogP contribution in [0.1, 0.15) is 28.7 Å². The summed E-state index contributed by atoms with van der Waals surface area (Å²) >= 11 is 1.62. The molecule has 2 heterocycles. The van der Waals surface area contributed by atoms with Crippen molar-refractivity contribution >= 4 is 11.3 Å². The molecule has 0 fully saturated rings. The summed E-state index contributed by atoms with van der Waals surface area (Å²) in [5, 5.41) is 13.4. The monoisotopic (exact) mass is 223 g/mol. The lowest BCUT2D eigenvalue weighted by Crippen LogP contribution is -2.17. The maximum atomic E-state index is 5.23. The maximum absolute atomic E-state index is 5.23. The number of aryl methyl sites for hydroxylation is 1. The van der Waals surface area contributed by atoms with Crippen molar-refractivity contribution < 1.29 is 4.42 Å². The summed E-state index contributed by atoms with van der Waals surface area (Å²) in [4.78, 5) is 0. The van der Waals surface area contributed by atoms with Crippen molar-refractivity contribution in [2.24, 2.45) is 0 Å². The largest absolute Gasteiger partial charge is 0.468 e. The molecule has 0 saturated heterocycles. The first-order valence-electron chi connectivity index (χ1n) is 4.81. The highest BCUT2D eigenvalue weighted by Gasteiger charge is 2.10. The molecular formula is C10H13N3OS. The van der Waals surface area contributed by atoms with Crippen LogP contribution < -0.4 is 5.32 Å². The highest BCUT2D eigenvalue weighted by atomic mass is 32.1. The molecule has 1 N–H and O–H groups in total. The maximum Gasteiger partial charge on any atom is 0.134 e. The lowest BCUT2D eigenvalue weighted by atomic mass is 10.3. The van der Waals surface area contributed by atoms with Gasteiger partial charge < -0.3 is 9.73 Å². The molecule has 5 heteroatoms. The molecule has 2 rings (SSSR count). The molecule has 0 radical (unpaired) electrons. The van der Waals surface area contributed by atoms with Gasteiger partial charge in [-0.2, -0.15) is 0 Å². The number of nitrogens with zero attached hydrogens (tertiary/aromatic N) is 2. The van der Waals surface area contributed by atoms with E-state index in [2.05, 4.69) is 22.4 Å². The van der Waals surface area contributed by atoms with Gasteiger partial charge in [-0.15, -0.1) is 21.5 Å². The molecule has 0 aliphatic carbocycles. The van der Waals surface area contributed by atoms with Gasteiger partial charge >= 0.3 is 0 Å². The van der Waals surface area contributed by atoms with Crippen molar-refractivity contribution in [1.82, 2.24) is 15.5 Å². The molecule has 0 spiro atoms. The van der Waals surface area contributed by atoms with Crippen LogP contribution in [0.3, 0.4) is 0 Å². The fourth-order valence-corrected chi connectivity index (χ4v) is 1.97. The van der Waals surface area contributed by atoms with Crippen molar-refractivity contribution in [1.29, 1.82) is 0 Å². The third kappa shape index (κ3) is 2.64. The summed E-state index contributed by atoms with van der Waals surface area (Å²) in [7, 11) is 0. The Balaban J connectivity index is 1.90. The second-order valence-corrected chi connectivity index (χ2v) is 4.55. The molecule has 2 aromatic heterocycles. The van der Waals surface area contributed by atoms with Gasteiger partial charge in [-0.3, -0.25) is 0 Å². The van der Waals surface area contributed by atoms with Gasteiger partial charge in [0.2, 0.25) is 0 Å². The van der Waals surface area contributed by atoms with E-state index in [1.54, 1.807) is 17.6 Å². The van der Waals surface area contributed by atoms with E-state index in [4.69, 9.17) is 4.42 Å². The first-order valence-corrected chi connectivity index (χ1v) is 5.63. The first-order chi connectivity index (χ1) is 7.25. The fraction of sp³-hybridized carbons (Fsp3) is 0.400. The molecule has 0 amide bonds. The molecule has 0 aliphatic rings. The third-order valence-electron chi connectivity index (χ3n) is 2.07. The minimum absolute atomic E-state index is 0.210. The Hall–Kier alpha value is -1.20. The van der Waals surface area contributed by atoms with Crippen molar-refractivity contribution in [3.05, 3.63) is 34.2 Å². The van der Waals surface area contributed by atoms with Crippen LogP contribution in [0, 0.1) is 6.92 Å². The normalized spacial score (nSPS) is 12.9. The second-order valence-electron chi connectivity index (χ2n) is 3.34. The Morgan fingerprint density at radius 1 is 1.53 bits per heavy atom. The van der Waals surface area contributed by atoms with Gasteiger partial charge in [0, 0.05) is 0 Å². The van der Waals surface area contributed by atoms with Gasteiger partial charge in [0.25, 0.3) is 0 Å². The minimum Gasteiger partial charge on any atom is -0.468 e. The highest BCUT2D eigenvalue weighted by molar-refractivity contribution is 7.11. The number of furan rings is 1. The van der Waals surface area contributed by atoms with Gasteiger partial charge in [0.1, 0.15) is 15.8 Å². The van der Waals surface area contributed by atoms with E-state index < -0.39 is 0 Å². The predicted molar refractivity (Wildman–Crippen MR) is 58.6 cm³/mol. The highest BCUT2D eigenvalue weighted by Crippen LogP contribution is 2.17. The summed E-state index contributed by atoms with van der Waals surface area (Å²) in [6.45, 7) is 4.75. The molecule has 0 aliphatic heterocycles. The van der Waals surface area contributed by atoms with E-state index in [1.165, 1.54) is 0 Å². The van der Waals surface area contributed by atoms with Crippen LogP contribution in [0.15, 0.2) is 22.8 Å². The molecule has 0 saturated carbocycles. The van der Waals surface area contributed by atoms with Crippen molar-refractivity contribution in [2.75, 3.05) is 0 Å². The molecular weight excluding hydrogens is 210 g/mol. The Morgan fingerprint density at radius 3 is 3.00 bits per heavy atom. The quantitative estimate of drug-likeness (QED) is 0.864. The van der Waals surface area contributed by atoms with E-state index in [-0.39, 0.29) is 6.04 Å². The molecule has 15 heavy (non-hydrogen) atoms. The number of nitrogens with one attached hydrogen (secondary N) is 1. The van der Waals surface area contributed by atoms with Crippen LogP contribution in [0.2, 0.25) is 0 Å². The first kappa shape index (κ1) is 10.3. The fourth-order valence-electron chi connectivity index (χ4n) is 1.24. The zero-order chi connectivity index (χ0) is 10.7. The van der Waals surface area contributed by atoms with Crippen molar-refractivity contribution in [3.63, 3.8) is 0 Å². The molecule has 0 bridgehead atoms. The van der Waals surface area contributed by atoms with Crippen LogP contribution in [-0.2, 0) is 6.54 Å². The average Bonchev–Trinajstić information content (AvgIpc) is 2.84. The van der Waals surface area contributed by atoms with E-state index in [1.807, 2.05) is 19.1 Å². The van der Waals surface area contributed by atoms with Crippen LogP contribution >= 0.6 is 11.3 Å². The summed E-state index contributed by atoms with van der Waals surface area (Å²) in [6, 6.07) is 4.04. The summed E-state index contributed by atoms with van der Waals surface area (Å²) in [6.07, 6.45) is 1.68. The molecule has 1 atom stereocenters. The van der Waals surface area contributed by atoms with Gasteiger partial charge in [-0.1, -0.05) is 0 Å². The van der Waals surface area contributed by atoms with Crippen LogP contribution in [0.4, 0.5) is 0 Å². The number of hydrogen-bond acceptors (Lipinski definition) is 5. The summed E-state index contributed by atoms with van der Waals surface area (Å²) in [5.74, 6) is 0.933. The summed E-state index contributed by atoms with van der Waals surface area (Å²) in [5.41, 5.74) is 0. The molecule has 1 unspecified atom stereocenters. The van der Waals surface area contributed by atoms with Crippen molar-refractivity contribution in [3.8, 4) is 0 Å². The van der Waals surface area contributed by atoms with Crippen molar-refractivity contribution in [2.45, 2.75) is 26.4 Å². The van der Waals surface area contributed by atoms with Gasteiger partial charge in [-0.05, 0) is 26.0 Å². The van der Waals surface area contributed by atoms with Crippen LogP contribution in [0.5, 0.6) is 0 Å². The SMILES string of the molecule is Cc1nnc(C(C)NCc2ccco2)s1. The van der Waals surface area contributed by atoms with Gasteiger partial charge in [-0.25, -0.2) is 0 Å². The van der Waals surface area contributed by atoms with E-state index in [9.17, 15) is 0 Å². The zero-order valence-electron chi connectivity index (χ0n) is 8.73. The molecule has 80 valence electrons. The van der Waals surface area contributed by atoms with E-state index in [0.717, 1.165) is 15.8 Å². The molecule has 4 nitrogen and oxygen atoms in total. The topological polar surface area (TPSA) is 51.0 Å². The standard InChI is InChI=1S/C10H13N3OS/c1-7(10-13-12-8(2)15-10)11-6-9-4-3-5-14-9/h3-5,7,11H,6H2,1-2H3. The van der Waals surface area contributed by atoms with E-state index in [0.29, 0.717) is 6.54 Å². The second kappa shape index (κ2) is 4.55. The Kier molecular flexibility index (Phi) is 3.13. The number of aromatic nitrogens is 2. The summed E-state index contributed by atoms with van der Waals surface area (Å²) < 4.78 is 5.23. The number of hydrogen-bond donors (Lipinski definition) is 1. The Labute approximate surface area is 92.3 Å². The van der Waals surface area contributed by atoms with Crippen LogP contribution in [-0.4, -0.2) is 10.2 Å². The lowest BCUT2D eigenvalue weighted by molar-refractivity contribution is 0.459. The smallest absolute Gasteiger partial charge is 0.134 e. The number of rotatable bonds is 4. The lowest BCUT2D eigenvalue weighted by Gasteiger charge is -2.08. The van der Waals surface area contributed by atoms with E-state index >= 15 is 0 Å². The average molecular weight is 223 g/mol.